The topological polar surface area (TPSA) is 66.9 Å². The number of hydrogen-bond acceptors (Lipinski definition) is 5. The zero-order valence-corrected chi connectivity index (χ0v) is 12.4. The second-order valence-corrected chi connectivity index (χ2v) is 5.98. The van der Waals surface area contributed by atoms with Gasteiger partial charge >= 0.3 is 0 Å². The quantitative estimate of drug-likeness (QED) is 0.856. The molecule has 1 aliphatic rings. The molecule has 1 aliphatic carbocycles. The van der Waals surface area contributed by atoms with Crippen molar-refractivity contribution < 1.29 is 4.79 Å². The van der Waals surface area contributed by atoms with Crippen LogP contribution in [0, 0.1) is 0 Å². The average molecular weight is 309 g/mol. The van der Waals surface area contributed by atoms with Crippen molar-refractivity contribution in [2.24, 2.45) is 0 Å². The van der Waals surface area contributed by atoms with Crippen molar-refractivity contribution >= 4 is 39.8 Å². The Morgan fingerprint density at radius 1 is 1.35 bits per heavy atom. The van der Waals surface area contributed by atoms with Gasteiger partial charge in [-0.25, -0.2) is 9.97 Å². The van der Waals surface area contributed by atoms with Crippen LogP contribution in [-0.4, -0.2) is 22.9 Å². The summed E-state index contributed by atoms with van der Waals surface area (Å²) in [6, 6.07) is 3.20. The molecule has 5 nitrogen and oxygen atoms in total. The van der Waals surface area contributed by atoms with Gasteiger partial charge in [0.05, 0.1) is 5.69 Å². The van der Waals surface area contributed by atoms with E-state index in [0.29, 0.717) is 16.5 Å². The summed E-state index contributed by atoms with van der Waals surface area (Å²) >= 11 is 7.44. The van der Waals surface area contributed by atoms with Gasteiger partial charge in [-0.1, -0.05) is 11.6 Å². The first-order valence-electron chi connectivity index (χ1n) is 6.31. The number of carbonyl (C=O) groups excluding carboxylic acids is 1. The van der Waals surface area contributed by atoms with Crippen LogP contribution in [0.4, 0.5) is 10.9 Å². The standard InChI is InChI=1S/C13H13ClN4OS/c1-15-11-6-7(5-10(14)17-11)12(19)18-13-16-8-3-2-4-9(8)20-13/h5-6H,2-4H2,1H3,(H,15,17)(H,16,18,19). The number of anilines is 2. The Bertz CT molecular complexity index is 649. The number of nitrogens with one attached hydrogen (secondary N) is 2. The Morgan fingerprint density at radius 2 is 2.20 bits per heavy atom. The summed E-state index contributed by atoms with van der Waals surface area (Å²) in [6.45, 7) is 0. The molecular weight excluding hydrogens is 296 g/mol. The zero-order valence-electron chi connectivity index (χ0n) is 10.9. The molecule has 0 atom stereocenters. The lowest BCUT2D eigenvalue weighted by Gasteiger charge is -2.05. The first-order chi connectivity index (χ1) is 9.65. The van der Waals surface area contributed by atoms with Gasteiger partial charge in [-0.2, -0.15) is 0 Å². The molecule has 1 amide bonds. The normalized spacial score (nSPS) is 13.1. The molecular formula is C13H13ClN4OS. The highest BCUT2D eigenvalue weighted by atomic mass is 35.5. The van der Waals surface area contributed by atoms with Crippen LogP contribution in [0.15, 0.2) is 12.1 Å². The molecule has 3 rings (SSSR count). The maximum absolute atomic E-state index is 12.2. The van der Waals surface area contributed by atoms with E-state index in [1.165, 1.54) is 4.88 Å². The molecule has 0 bridgehead atoms. The summed E-state index contributed by atoms with van der Waals surface area (Å²) in [4.78, 5) is 22.0. The Kier molecular flexibility index (Phi) is 3.58. The number of halogens is 1. The van der Waals surface area contributed by atoms with Crippen LogP contribution in [-0.2, 0) is 12.8 Å². The van der Waals surface area contributed by atoms with Gasteiger partial charge in [-0.15, -0.1) is 11.3 Å². The summed E-state index contributed by atoms with van der Waals surface area (Å²) < 4.78 is 0. The molecule has 2 aromatic heterocycles. The number of hydrogen-bond donors (Lipinski definition) is 2. The fourth-order valence-electron chi connectivity index (χ4n) is 2.17. The Morgan fingerprint density at radius 3 is 2.95 bits per heavy atom. The van der Waals surface area contributed by atoms with Gasteiger partial charge in [-0.3, -0.25) is 10.1 Å². The van der Waals surface area contributed by atoms with Crippen molar-refractivity contribution in [3.8, 4) is 0 Å². The number of carbonyl (C=O) groups is 1. The van der Waals surface area contributed by atoms with Gasteiger partial charge in [-0.05, 0) is 31.4 Å². The minimum Gasteiger partial charge on any atom is -0.373 e. The molecule has 0 aromatic carbocycles. The number of nitrogens with zero attached hydrogens (tertiary/aromatic N) is 2. The summed E-state index contributed by atoms with van der Waals surface area (Å²) in [7, 11) is 1.73. The largest absolute Gasteiger partial charge is 0.373 e. The van der Waals surface area contributed by atoms with E-state index < -0.39 is 0 Å². The van der Waals surface area contributed by atoms with Gasteiger partial charge in [0.15, 0.2) is 5.13 Å². The van der Waals surface area contributed by atoms with Crippen molar-refractivity contribution in [3.05, 3.63) is 33.4 Å². The van der Waals surface area contributed by atoms with Crippen molar-refractivity contribution in [2.75, 3.05) is 17.7 Å². The molecule has 0 aliphatic heterocycles. The van der Waals surface area contributed by atoms with Crippen LogP contribution in [0.5, 0.6) is 0 Å². The van der Waals surface area contributed by atoms with E-state index in [4.69, 9.17) is 11.6 Å². The third-order valence-electron chi connectivity index (χ3n) is 3.13. The van der Waals surface area contributed by atoms with Crippen molar-refractivity contribution in [1.82, 2.24) is 9.97 Å². The van der Waals surface area contributed by atoms with Crippen LogP contribution < -0.4 is 10.6 Å². The van der Waals surface area contributed by atoms with Crippen LogP contribution in [0.3, 0.4) is 0 Å². The number of aryl methyl sites for hydroxylation is 2. The molecule has 0 unspecified atom stereocenters. The van der Waals surface area contributed by atoms with E-state index in [2.05, 4.69) is 20.6 Å². The summed E-state index contributed by atoms with van der Waals surface area (Å²) in [6.07, 6.45) is 3.23. The Labute approximate surface area is 125 Å². The van der Waals surface area contributed by atoms with Crippen molar-refractivity contribution in [1.29, 1.82) is 0 Å². The zero-order chi connectivity index (χ0) is 14.1. The number of aromatic nitrogens is 2. The molecule has 0 fully saturated rings. The van der Waals surface area contributed by atoms with E-state index in [1.54, 1.807) is 30.5 Å². The van der Waals surface area contributed by atoms with Crippen molar-refractivity contribution in [2.45, 2.75) is 19.3 Å². The first kappa shape index (κ1) is 13.3. The Hall–Kier alpha value is -1.66. The van der Waals surface area contributed by atoms with Gasteiger partial charge in [0, 0.05) is 17.5 Å². The van der Waals surface area contributed by atoms with E-state index in [1.807, 2.05) is 0 Å². The van der Waals surface area contributed by atoms with Crippen LogP contribution in [0.2, 0.25) is 5.15 Å². The monoisotopic (exact) mass is 308 g/mol. The summed E-state index contributed by atoms with van der Waals surface area (Å²) in [5.74, 6) is 0.336. The maximum atomic E-state index is 12.2. The van der Waals surface area contributed by atoms with E-state index in [0.717, 1.165) is 25.0 Å². The highest BCUT2D eigenvalue weighted by Crippen LogP contribution is 2.30. The fourth-order valence-corrected chi connectivity index (χ4v) is 3.42. The first-order valence-corrected chi connectivity index (χ1v) is 7.50. The second kappa shape index (κ2) is 5.38. The van der Waals surface area contributed by atoms with Gasteiger partial charge < -0.3 is 5.32 Å². The van der Waals surface area contributed by atoms with E-state index in [9.17, 15) is 4.79 Å². The molecule has 2 N–H and O–H groups in total. The summed E-state index contributed by atoms with van der Waals surface area (Å²) in [5.41, 5.74) is 1.58. The smallest absolute Gasteiger partial charge is 0.257 e. The van der Waals surface area contributed by atoms with Crippen LogP contribution >= 0.6 is 22.9 Å². The average Bonchev–Trinajstić information content (AvgIpc) is 2.98. The Balaban J connectivity index is 1.80. The lowest BCUT2D eigenvalue weighted by atomic mass is 10.2. The minimum atomic E-state index is -0.224. The molecule has 7 heteroatoms. The minimum absolute atomic E-state index is 0.224. The predicted molar refractivity (Wildman–Crippen MR) is 80.9 cm³/mol. The van der Waals surface area contributed by atoms with Crippen LogP contribution in [0.1, 0.15) is 27.3 Å². The molecule has 0 radical (unpaired) electrons. The molecule has 104 valence electrons. The van der Waals surface area contributed by atoms with E-state index in [-0.39, 0.29) is 11.1 Å². The second-order valence-electron chi connectivity index (χ2n) is 4.51. The maximum Gasteiger partial charge on any atom is 0.257 e. The number of rotatable bonds is 3. The fraction of sp³-hybridized carbons (Fsp3) is 0.308. The number of thiazole rings is 1. The highest BCUT2D eigenvalue weighted by molar-refractivity contribution is 7.16. The SMILES string of the molecule is CNc1cc(C(=O)Nc2nc3c(s2)CCC3)cc(Cl)n1. The molecule has 2 heterocycles. The molecule has 0 spiro atoms. The third-order valence-corrected chi connectivity index (χ3v) is 4.40. The lowest BCUT2D eigenvalue weighted by Crippen LogP contribution is -2.12. The number of pyridine rings is 1. The predicted octanol–water partition coefficient (Wildman–Crippen LogP) is 2.97. The number of amides is 1. The lowest BCUT2D eigenvalue weighted by molar-refractivity contribution is 0.102. The molecule has 20 heavy (non-hydrogen) atoms. The van der Waals surface area contributed by atoms with Gasteiger partial charge in [0.1, 0.15) is 11.0 Å². The summed E-state index contributed by atoms with van der Waals surface area (Å²) in [5, 5.41) is 6.62. The third kappa shape index (κ3) is 2.62. The van der Waals surface area contributed by atoms with E-state index >= 15 is 0 Å². The highest BCUT2D eigenvalue weighted by Gasteiger charge is 2.18. The van der Waals surface area contributed by atoms with Gasteiger partial charge in [0.2, 0.25) is 0 Å². The molecule has 2 aromatic rings. The molecule has 0 saturated carbocycles. The number of fused-ring (bicyclic) bond motifs is 1. The molecule has 0 saturated heterocycles. The van der Waals surface area contributed by atoms with Crippen molar-refractivity contribution in [3.63, 3.8) is 0 Å². The van der Waals surface area contributed by atoms with Crippen LogP contribution in [0.25, 0.3) is 0 Å². The van der Waals surface area contributed by atoms with Gasteiger partial charge in [0.25, 0.3) is 5.91 Å².